The summed E-state index contributed by atoms with van der Waals surface area (Å²) in [7, 11) is 0. The van der Waals surface area contributed by atoms with Crippen LogP contribution in [0.3, 0.4) is 0 Å². The molecule has 82 valence electrons. The van der Waals surface area contributed by atoms with Crippen molar-refractivity contribution in [3.8, 4) is 6.07 Å². The molecular weight excluding hydrogens is 208 g/mol. The molecule has 0 fully saturated rings. The van der Waals surface area contributed by atoms with Gasteiger partial charge in [0.25, 0.3) is 0 Å². The fraction of sp³-hybridized carbons (Fsp3) is 0.182. The third kappa shape index (κ3) is 3.42. The van der Waals surface area contributed by atoms with Crippen LogP contribution in [-0.4, -0.2) is 23.4 Å². The highest BCUT2D eigenvalue weighted by Gasteiger charge is 1.99. The molecule has 0 heterocycles. The van der Waals surface area contributed by atoms with Gasteiger partial charge in [-0.3, -0.25) is 0 Å². The molecule has 0 aliphatic heterocycles. The van der Waals surface area contributed by atoms with Crippen LogP contribution >= 0.6 is 0 Å². The number of carboxylic acid groups (broad SMARTS) is 1. The highest BCUT2D eigenvalue weighted by molar-refractivity contribution is 5.98. The van der Waals surface area contributed by atoms with Crippen molar-refractivity contribution in [2.75, 3.05) is 6.61 Å². The minimum atomic E-state index is -1.07. The SMILES string of the molecule is CC(=NOCC(=O)O)c1ccc(C#N)cc1. The first kappa shape index (κ1) is 11.7. The van der Waals surface area contributed by atoms with E-state index in [4.69, 9.17) is 10.4 Å². The minimum Gasteiger partial charge on any atom is -0.479 e. The molecule has 0 aliphatic carbocycles. The van der Waals surface area contributed by atoms with E-state index < -0.39 is 12.6 Å². The summed E-state index contributed by atoms with van der Waals surface area (Å²) in [5, 5.41) is 20.6. The minimum absolute atomic E-state index is 0.465. The zero-order valence-electron chi connectivity index (χ0n) is 8.67. The van der Waals surface area contributed by atoms with E-state index >= 15 is 0 Å². The van der Waals surface area contributed by atoms with Gasteiger partial charge in [-0.05, 0) is 24.6 Å². The molecule has 0 radical (unpaired) electrons. The Morgan fingerprint density at radius 2 is 2.12 bits per heavy atom. The van der Waals surface area contributed by atoms with Crippen molar-refractivity contribution in [1.29, 1.82) is 5.26 Å². The first-order valence-corrected chi connectivity index (χ1v) is 4.52. The second kappa shape index (κ2) is 5.51. The lowest BCUT2D eigenvalue weighted by molar-refractivity contribution is -0.142. The lowest BCUT2D eigenvalue weighted by Gasteiger charge is -2.00. The van der Waals surface area contributed by atoms with Crippen LogP contribution in [0, 0.1) is 11.3 Å². The van der Waals surface area contributed by atoms with E-state index in [1.54, 1.807) is 31.2 Å². The lowest BCUT2D eigenvalue weighted by Crippen LogP contribution is -2.05. The summed E-state index contributed by atoms with van der Waals surface area (Å²) < 4.78 is 0. The van der Waals surface area contributed by atoms with Gasteiger partial charge in [0, 0.05) is 0 Å². The number of hydrogen-bond acceptors (Lipinski definition) is 4. The van der Waals surface area contributed by atoms with Crippen LogP contribution in [0.1, 0.15) is 18.1 Å². The van der Waals surface area contributed by atoms with Gasteiger partial charge in [-0.15, -0.1) is 0 Å². The zero-order valence-corrected chi connectivity index (χ0v) is 8.67. The van der Waals surface area contributed by atoms with Crippen LogP contribution in [0.25, 0.3) is 0 Å². The third-order valence-corrected chi connectivity index (χ3v) is 1.82. The number of nitriles is 1. The molecule has 1 N–H and O–H groups in total. The van der Waals surface area contributed by atoms with Gasteiger partial charge in [-0.1, -0.05) is 17.3 Å². The molecular formula is C11H10N2O3. The average molecular weight is 218 g/mol. The van der Waals surface area contributed by atoms with Gasteiger partial charge >= 0.3 is 5.97 Å². The Balaban J connectivity index is 2.69. The van der Waals surface area contributed by atoms with Gasteiger partial charge in [0.1, 0.15) is 0 Å². The maximum absolute atomic E-state index is 10.2. The molecule has 16 heavy (non-hydrogen) atoms. The van der Waals surface area contributed by atoms with Crippen molar-refractivity contribution >= 4 is 11.7 Å². The van der Waals surface area contributed by atoms with Crippen LogP contribution in [0.15, 0.2) is 29.4 Å². The molecule has 5 nitrogen and oxygen atoms in total. The number of nitrogens with zero attached hydrogens (tertiary/aromatic N) is 2. The molecule has 0 unspecified atom stereocenters. The van der Waals surface area contributed by atoms with E-state index in [1.165, 1.54) is 0 Å². The molecule has 0 saturated carbocycles. The highest BCUT2D eigenvalue weighted by Crippen LogP contribution is 2.05. The molecule has 5 heteroatoms. The number of oxime groups is 1. The summed E-state index contributed by atoms with van der Waals surface area (Å²) in [4.78, 5) is 14.8. The van der Waals surface area contributed by atoms with E-state index in [-0.39, 0.29) is 0 Å². The molecule has 0 bridgehead atoms. The Hall–Kier alpha value is -2.35. The second-order valence-corrected chi connectivity index (χ2v) is 3.03. The van der Waals surface area contributed by atoms with E-state index in [2.05, 4.69) is 9.99 Å². The van der Waals surface area contributed by atoms with Crippen LogP contribution in [-0.2, 0) is 9.63 Å². The van der Waals surface area contributed by atoms with Crippen LogP contribution in [0.4, 0.5) is 0 Å². The standard InChI is InChI=1S/C11H10N2O3/c1-8(13-16-7-11(14)15)10-4-2-9(6-12)3-5-10/h2-5H,7H2,1H3,(H,14,15). The molecule has 1 aromatic rings. The van der Waals surface area contributed by atoms with Crippen molar-refractivity contribution in [3.05, 3.63) is 35.4 Å². The van der Waals surface area contributed by atoms with Gasteiger partial charge in [0.2, 0.25) is 6.61 Å². The van der Waals surface area contributed by atoms with Crippen molar-refractivity contribution in [2.45, 2.75) is 6.92 Å². The summed E-state index contributed by atoms with van der Waals surface area (Å²) in [6, 6.07) is 8.77. The van der Waals surface area contributed by atoms with Crippen molar-refractivity contribution < 1.29 is 14.7 Å². The van der Waals surface area contributed by atoms with Crippen molar-refractivity contribution in [1.82, 2.24) is 0 Å². The average Bonchev–Trinajstić information content (AvgIpc) is 2.28. The lowest BCUT2D eigenvalue weighted by atomic mass is 10.1. The predicted molar refractivity (Wildman–Crippen MR) is 57.0 cm³/mol. The van der Waals surface area contributed by atoms with E-state index in [0.29, 0.717) is 11.3 Å². The molecule has 1 aromatic carbocycles. The molecule has 1 rings (SSSR count). The Labute approximate surface area is 92.6 Å². The summed E-state index contributed by atoms with van der Waals surface area (Å²) >= 11 is 0. The molecule has 0 amide bonds. The molecule has 0 spiro atoms. The molecule has 0 atom stereocenters. The third-order valence-electron chi connectivity index (χ3n) is 1.82. The number of carboxylic acids is 1. The Morgan fingerprint density at radius 3 is 2.62 bits per heavy atom. The predicted octanol–water partition coefficient (Wildman–Crippen LogP) is 1.38. The Kier molecular flexibility index (Phi) is 4.04. The maximum atomic E-state index is 10.2. The van der Waals surface area contributed by atoms with Crippen LogP contribution < -0.4 is 0 Å². The fourth-order valence-corrected chi connectivity index (χ4v) is 1.02. The smallest absolute Gasteiger partial charge is 0.344 e. The van der Waals surface area contributed by atoms with Gasteiger partial charge < -0.3 is 9.94 Å². The fourth-order valence-electron chi connectivity index (χ4n) is 1.02. The second-order valence-electron chi connectivity index (χ2n) is 3.03. The van der Waals surface area contributed by atoms with Crippen LogP contribution in [0.5, 0.6) is 0 Å². The first-order valence-electron chi connectivity index (χ1n) is 4.52. The number of aliphatic carboxylic acids is 1. The van der Waals surface area contributed by atoms with Gasteiger partial charge in [-0.25, -0.2) is 4.79 Å². The van der Waals surface area contributed by atoms with Gasteiger partial charge in [0.05, 0.1) is 17.3 Å². The number of rotatable bonds is 4. The van der Waals surface area contributed by atoms with Crippen LogP contribution in [0.2, 0.25) is 0 Å². The van der Waals surface area contributed by atoms with E-state index in [1.807, 2.05) is 6.07 Å². The topological polar surface area (TPSA) is 82.7 Å². The summed E-state index contributed by atoms with van der Waals surface area (Å²) in [5.41, 5.74) is 1.90. The quantitative estimate of drug-likeness (QED) is 0.611. The van der Waals surface area contributed by atoms with Gasteiger partial charge in [0.15, 0.2) is 0 Å². The number of hydrogen-bond donors (Lipinski definition) is 1. The van der Waals surface area contributed by atoms with E-state index in [9.17, 15) is 4.79 Å². The van der Waals surface area contributed by atoms with Crippen molar-refractivity contribution in [2.24, 2.45) is 5.16 Å². The number of benzene rings is 1. The highest BCUT2D eigenvalue weighted by atomic mass is 16.6. The molecule has 0 saturated heterocycles. The number of carbonyl (C=O) groups is 1. The first-order chi connectivity index (χ1) is 7.63. The Morgan fingerprint density at radius 1 is 1.50 bits per heavy atom. The normalized spacial score (nSPS) is 10.6. The summed E-state index contributed by atoms with van der Waals surface area (Å²) in [5.74, 6) is -1.07. The monoisotopic (exact) mass is 218 g/mol. The van der Waals surface area contributed by atoms with Gasteiger partial charge in [-0.2, -0.15) is 5.26 Å². The summed E-state index contributed by atoms with van der Waals surface area (Å²) in [6.45, 7) is 1.23. The largest absolute Gasteiger partial charge is 0.479 e. The zero-order chi connectivity index (χ0) is 12.0. The molecule has 0 aliphatic rings. The Bertz CT molecular complexity index is 443. The van der Waals surface area contributed by atoms with Crippen molar-refractivity contribution in [3.63, 3.8) is 0 Å². The summed E-state index contributed by atoms with van der Waals surface area (Å²) in [6.07, 6.45) is 0. The maximum Gasteiger partial charge on any atom is 0.344 e. The van der Waals surface area contributed by atoms with E-state index in [0.717, 1.165) is 5.56 Å². The molecule has 0 aromatic heterocycles.